The van der Waals surface area contributed by atoms with E-state index in [9.17, 15) is 4.39 Å². The molecule has 2 aromatic rings. The van der Waals surface area contributed by atoms with Crippen molar-refractivity contribution in [1.82, 2.24) is 0 Å². The van der Waals surface area contributed by atoms with Gasteiger partial charge in [0.1, 0.15) is 5.82 Å². The lowest BCUT2D eigenvalue weighted by molar-refractivity contribution is 0.627. The van der Waals surface area contributed by atoms with E-state index in [0.29, 0.717) is 11.4 Å². The van der Waals surface area contributed by atoms with Gasteiger partial charge in [0.05, 0.1) is 11.4 Å². The minimum atomic E-state index is -0.274. The second-order valence-electron chi connectivity index (χ2n) is 7.88. The van der Waals surface area contributed by atoms with Crippen molar-refractivity contribution >= 4 is 11.4 Å². The predicted octanol–water partition coefficient (Wildman–Crippen LogP) is 7.43. The lowest BCUT2D eigenvalue weighted by Crippen LogP contribution is -2.06. The molecule has 1 saturated carbocycles. The highest BCUT2D eigenvalue weighted by Gasteiger charge is 2.33. The van der Waals surface area contributed by atoms with Crippen LogP contribution in [-0.2, 0) is 0 Å². The van der Waals surface area contributed by atoms with Gasteiger partial charge >= 0.3 is 0 Å². The molecule has 2 N–H and O–H groups in total. The fourth-order valence-corrected chi connectivity index (χ4v) is 3.10. The van der Waals surface area contributed by atoms with E-state index in [1.165, 1.54) is 24.1 Å². The summed E-state index contributed by atoms with van der Waals surface area (Å²) in [6, 6.07) is 17.0. The molecule has 1 aliphatic rings. The van der Waals surface area contributed by atoms with Gasteiger partial charge < -0.3 is 5.73 Å². The van der Waals surface area contributed by atoms with Crippen molar-refractivity contribution in [3.05, 3.63) is 114 Å². The molecule has 0 aromatic heterocycles. The molecule has 1 aliphatic carbocycles. The van der Waals surface area contributed by atoms with Crippen molar-refractivity contribution in [3.63, 3.8) is 0 Å². The lowest BCUT2D eigenvalue weighted by atomic mass is 10.1. The molecule has 0 radical (unpaired) electrons. The average molecular weight is 417 g/mol. The third-order valence-electron chi connectivity index (χ3n) is 5.22. The van der Waals surface area contributed by atoms with Crippen LogP contribution in [0.3, 0.4) is 0 Å². The first-order chi connectivity index (χ1) is 14.8. The zero-order valence-corrected chi connectivity index (χ0v) is 19.0. The highest BCUT2D eigenvalue weighted by Crippen LogP contribution is 2.46. The van der Waals surface area contributed by atoms with Gasteiger partial charge in [-0.25, -0.2) is 4.39 Å². The summed E-state index contributed by atoms with van der Waals surface area (Å²) < 4.78 is 13.1. The van der Waals surface area contributed by atoms with Crippen molar-refractivity contribution in [2.24, 2.45) is 16.6 Å². The average Bonchev–Trinajstić information content (AvgIpc) is 3.50. The number of hydrogen-bond donors (Lipinski definition) is 1. The summed E-state index contributed by atoms with van der Waals surface area (Å²) in [4.78, 5) is 4.53. The molecule has 2 atom stereocenters. The van der Waals surface area contributed by atoms with Crippen LogP contribution in [0.25, 0.3) is 5.70 Å². The fraction of sp³-hybridized carbons (Fsp3) is 0.250. The zero-order valence-electron chi connectivity index (χ0n) is 19.0. The summed E-state index contributed by atoms with van der Waals surface area (Å²) in [5.41, 5.74) is 10.8. The van der Waals surface area contributed by atoms with E-state index < -0.39 is 0 Å². The zero-order chi connectivity index (χ0) is 22.8. The smallest absolute Gasteiger partial charge is 0.123 e. The van der Waals surface area contributed by atoms with Crippen LogP contribution in [-0.4, -0.2) is 5.71 Å². The topological polar surface area (TPSA) is 38.4 Å². The quantitative estimate of drug-likeness (QED) is 0.386. The minimum absolute atomic E-state index is 0.274. The Morgan fingerprint density at radius 2 is 1.68 bits per heavy atom. The standard InChI is InChI=1S/C18H21FN2.C10H12/c1-5-6-7-8-13(2)18(21-15(4)14(3)20)16-9-11-17(19)12-10-16;1-8-7-10(8)9-5-3-2-4-6-9/h5-12H,3,20H2,1-2,4H3;2-6,8,10H,7H2,1H3/b6-5-,8-7-,18-13+,21-15?;. The Kier molecular flexibility index (Phi) is 9.20. The maximum absolute atomic E-state index is 13.1. The molecule has 0 amide bonds. The summed E-state index contributed by atoms with van der Waals surface area (Å²) in [6.07, 6.45) is 9.15. The van der Waals surface area contributed by atoms with E-state index in [0.717, 1.165) is 28.7 Å². The Hall–Kier alpha value is -3.20. The molecule has 0 aliphatic heterocycles. The minimum Gasteiger partial charge on any atom is -0.398 e. The Labute approximate surface area is 186 Å². The highest BCUT2D eigenvalue weighted by atomic mass is 19.1. The van der Waals surface area contributed by atoms with Gasteiger partial charge in [-0.3, -0.25) is 4.99 Å². The predicted molar refractivity (Wildman–Crippen MR) is 132 cm³/mol. The number of nitrogens with zero attached hydrogens (tertiary/aromatic N) is 1. The van der Waals surface area contributed by atoms with E-state index in [1.807, 2.05) is 38.2 Å². The van der Waals surface area contributed by atoms with Crippen LogP contribution < -0.4 is 5.73 Å². The molecule has 0 spiro atoms. The number of nitrogens with two attached hydrogens (primary N) is 1. The Bertz CT molecular complexity index is 979. The molecular weight excluding hydrogens is 383 g/mol. The largest absolute Gasteiger partial charge is 0.398 e. The Morgan fingerprint density at radius 1 is 1.06 bits per heavy atom. The number of benzene rings is 2. The monoisotopic (exact) mass is 416 g/mol. The van der Waals surface area contributed by atoms with E-state index in [1.54, 1.807) is 19.1 Å². The van der Waals surface area contributed by atoms with E-state index in [4.69, 9.17) is 5.73 Å². The molecule has 31 heavy (non-hydrogen) atoms. The van der Waals surface area contributed by atoms with Crippen LogP contribution in [0.5, 0.6) is 0 Å². The molecular formula is C28H33FN2. The van der Waals surface area contributed by atoms with Crippen molar-refractivity contribution in [2.45, 2.75) is 40.0 Å². The maximum atomic E-state index is 13.1. The molecule has 3 rings (SSSR count). The summed E-state index contributed by atoms with van der Waals surface area (Å²) >= 11 is 0. The second-order valence-corrected chi connectivity index (χ2v) is 7.88. The van der Waals surface area contributed by atoms with Crippen molar-refractivity contribution in [2.75, 3.05) is 0 Å². The number of rotatable bonds is 6. The molecule has 162 valence electrons. The summed E-state index contributed by atoms with van der Waals surface area (Å²) in [5.74, 6) is 1.53. The van der Waals surface area contributed by atoms with Crippen LogP contribution >= 0.6 is 0 Å². The number of allylic oxidation sites excluding steroid dienone is 6. The van der Waals surface area contributed by atoms with Gasteiger partial charge in [-0.2, -0.15) is 0 Å². The summed E-state index contributed by atoms with van der Waals surface area (Å²) in [7, 11) is 0. The summed E-state index contributed by atoms with van der Waals surface area (Å²) in [6.45, 7) is 11.7. The van der Waals surface area contributed by atoms with Gasteiger partial charge in [-0.1, -0.05) is 68.1 Å². The first kappa shape index (κ1) is 24.1. The molecule has 2 unspecified atom stereocenters. The van der Waals surface area contributed by atoms with Gasteiger partial charge in [0, 0.05) is 11.3 Å². The molecule has 0 saturated heterocycles. The van der Waals surface area contributed by atoms with Crippen LogP contribution in [0.2, 0.25) is 0 Å². The lowest BCUT2D eigenvalue weighted by Gasteiger charge is -2.08. The number of halogens is 1. The van der Waals surface area contributed by atoms with Gasteiger partial charge in [-0.15, -0.1) is 0 Å². The van der Waals surface area contributed by atoms with Gasteiger partial charge in [0.25, 0.3) is 0 Å². The van der Waals surface area contributed by atoms with Crippen molar-refractivity contribution < 1.29 is 4.39 Å². The second kappa shape index (κ2) is 11.8. The van der Waals surface area contributed by atoms with Gasteiger partial charge in [0.15, 0.2) is 0 Å². The van der Waals surface area contributed by atoms with E-state index >= 15 is 0 Å². The third kappa shape index (κ3) is 7.86. The SMILES string of the molecule is C=C(N)C(C)=N/C(=C(C)/C=C\C=C/C)c1ccc(F)cc1.CC1CC1c1ccccc1. The normalized spacial score (nSPS) is 19.1. The number of hydrogen-bond acceptors (Lipinski definition) is 2. The highest BCUT2D eigenvalue weighted by molar-refractivity contribution is 6.00. The Morgan fingerprint density at radius 3 is 2.19 bits per heavy atom. The van der Waals surface area contributed by atoms with Crippen molar-refractivity contribution in [1.29, 1.82) is 0 Å². The Balaban J connectivity index is 0.000000280. The summed E-state index contributed by atoms with van der Waals surface area (Å²) in [5, 5.41) is 0. The van der Waals surface area contributed by atoms with Gasteiger partial charge in [-0.05, 0) is 74.4 Å². The third-order valence-corrected chi connectivity index (χ3v) is 5.22. The fourth-order valence-electron chi connectivity index (χ4n) is 3.10. The maximum Gasteiger partial charge on any atom is 0.123 e. The van der Waals surface area contributed by atoms with E-state index in [2.05, 4.69) is 48.8 Å². The van der Waals surface area contributed by atoms with Crippen molar-refractivity contribution in [3.8, 4) is 0 Å². The molecule has 0 bridgehead atoms. The van der Waals surface area contributed by atoms with Crippen LogP contribution in [0.4, 0.5) is 4.39 Å². The molecule has 1 fully saturated rings. The molecule has 2 nitrogen and oxygen atoms in total. The van der Waals surface area contributed by atoms with Gasteiger partial charge in [0.2, 0.25) is 0 Å². The molecule has 3 heteroatoms. The van der Waals surface area contributed by atoms with Crippen LogP contribution in [0.15, 0.2) is 102 Å². The molecule has 0 heterocycles. The number of aliphatic imine (C=N–C) groups is 1. The first-order valence-corrected chi connectivity index (χ1v) is 10.6. The molecule has 2 aromatic carbocycles. The van der Waals surface area contributed by atoms with E-state index in [-0.39, 0.29) is 5.82 Å². The van der Waals surface area contributed by atoms with Crippen LogP contribution in [0.1, 0.15) is 51.2 Å². The van der Waals surface area contributed by atoms with Crippen LogP contribution in [0, 0.1) is 11.7 Å². The first-order valence-electron chi connectivity index (χ1n) is 10.6.